The van der Waals surface area contributed by atoms with Crippen molar-refractivity contribution in [2.24, 2.45) is 0 Å². The normalized spacial score (nSPS) is 11.5. The van der Waals surface area contributed by atoms with Gasteiger partial charge in [-0.25, -0.2) is 9.78 Å². The molecule has 0 amide bonds. The van der Waals surface area contributed by atoms with Gasteiger partial charge in [0, 0.05) is 11.8 Å². The molecule has 0 radical (unpaired) electrons. The van der Waals surface area contributed by atoms with Gasteiger partial charge in [0.25, 0.3) is 0 Å². The number of aromatic nitrogens is 1. The number of hydrogen-bond acceptors (Lipinski definition) is 5. The van der Waals surface area contributed by atoms with Gasteiger partial charge in [-0.2, -0.15) is 0 Å². The number of carbonyl (C=O) groups is 1. The van der Waals surface area contributed by atoms with E-state index in [1.807, 2.05) is 18.2 Å². The predicted molar refractivity (Wildman–Crippen MR) is 76.9 cm³/mol. The molecule has 2 rings (SSSR count). The number of rotatable bonds is 5. The number of carbonyl (C=O) groups excluding carboxylic acids is 1. The summed E-state index contributed by atoms with van der Waals surface area (Å²) in [6.07, 6.45) is 0.292. The molecule has 1 unspecified atom stereocenters. The van der Waals surface area contributed by atoms with Crippen LogP contribution in [0.3, 0.4) is 0 Å². The van der Waals surface area contributed by atoms with Gasteiger partial charge >= 0.3 is 5.97 Å². The van der Waals surface area contributed by atoms with E-state index in [0.29, 0.717) is 11.3 Å². The highest BCUT2D eigenvalue weighted by atomic mass is 16.5. The molecule has 1 heterocycles. The summed E-state index contributed by atoms with van der Waals surface area (Å²) in [5, 5.41) is 10.2. The first-order valence-electron chi connectivity index (χ1n) is 6.26. The quantitative estimate of drug-likeness (QED) is 0.675. The molecule has 0 aliphatic heterocycles. The molecule has 5 nitrogen and oxygen atoms in total. The van der Waals surface area contributed by atoms with Crippen LogP contribution in [-0.2, 0) is 9.53 Å². The number of esters is 1. The first-order chi connectivity index (χ1) is 10.1. The van der Waals surface area contributed by atoms with Crippen LogP contribution >= 0.6 is 0 Å². The van der Waals surface area contributed by atoms with Gasteiger partial charge in [0.15, 0.2) is 0 Å². The van der Waals surface area contributed by atoms with Crippen molar-refractivity contribution >= 4 is 5.97 Å². The second kappa shape index (κ2) is 6.67. The Balaban J connectivity index is 2.28. The Hall–Kier alpha value is -2.66. The molecule has 0 saturated carbocycles. The third-order valence-corrected chi connectivity index (χ3v) is 2.83. The monoisotopic (exact) mass is 285 g/mol. The van der Waals surface area contributed by atoms with Crippen molar-refractivity contribution in [3.8, 4) is 11.6 Å². The molecule has 2 aromatic rings. The van der Waals surface area contributed by atoms with E-state index in [1.165, 1.54) is 13.3 Å². The van der Waals surface area contributed by atoms with Crippen molar-refractivity contribution in [3.63, 3.8) is 0 Å². The second-order valence-electron chi connectivity index (χ2n) is 4.23. The van der Waals surface area contributed by atoms with Gasteiger partial charge < -0.3 is 14.6 Å². The Labute approximate surface area is 122 Å². The van der Waals surface area contributed by atoms with Crippen LogP contribution in [0.2, 0.25) is 0 Å². The number of ether oxygens (including phenoxy) is 2. The van der Waals surface area contributed by atoms with E-state index in [1.54, 1.807) is 24.3 Å². The van der Waals surface area contributed by atoms with E-state index in [0.717, 1.165) is 0 Å². The van der Waals surface area contributed by atoms with Crippen LogP contribution in [0.1, 0.15) is 11.7 Å². The Morgan fingerprint density at radius 3 is 2.62 bits per heavy atom. The Bertz CT molecular complexity index is 640. The minimum absolute atomic E-state index is 0.0802. The molecular weight excluding hydrogens is 270 g/mol. The fourth-order valence-corrected chi connectivity index (χ4v) is 1.73. The summed E-state index contributed by atoms with van der Waals surface area (Å²) in [5.41, 5.74) is 0.264. The van der Waals surface area contributed by atoms with E-state index in [9.17, 15) is 9.90 Å². The van der Waals surface area contributed by atoms with Gasteiger partial charge in [-0.05, 0) is 24.3 Å². The lowest BCUT2D eigenvalue weighted by atomic mass is 10.0. The number of methoxy groups -OCH3 is 1. The van der Waals surface area contributed by atoms with Crippen molar-refractivity contribution in [2.75, 3.05) is 7.11 Å². The zero-order chi connectivity index (χ0) is 15.2. The maximum atomic E-state index is 11.5. The lowest BCUT2D eigenvalue weighted by Crippen LogP contribution is -2.13. The Morgan fingerprint density at radius 1 is 1.24 bits per heavy atom. The van der Waals surface area contributed by atoms with E-state index in [4.69, 9.17) is 4.74 Å². The molecule has 1 aromatic carbocycles. The van der Waals surface area contributed by atoms with Crippen LogP contribution in [0.4, 0.5) is 0 Å². The zero-order valence-electron chi connectivity index (χ0n) is 11.5. The fraction of sp³-hybridized carbons (Fsp3) is 0.125. The number of para-hydroxylation sites is 1. The van der Waals surface area contributed by atoms with Gasteiger partial charge in [0.1, 0.15) is 11.9 Å². The molecule has 1 N–H and O–H groups in total. The highest BCUT2D eigenvalue weighted by molar-refractivity contribution is 5.89. The van der Waals surface area contributed by atoms with Gasteiger partial charge in [-0.15, -0.1) is 0 Å². The fourth-order valence-electron chi connectivity index (χ4n) is 1.73. The number of pyridine rings is 1. The van der Waals surface area contributed by atoms with Crippen LogP contribution in [-0.4, -0.2) is 23.2 Å². The number of aliphatic hydroxyl groups is 1. The second-order valence-corrected chi connectivity index (χ2v) is 4.23. The molecule has 108 valence electrons. The molecule has 0 bridgehead atoms. The van der Waals surface area contributed by atoms with Gasteiger partial charge in [-0.1, -0.05) is 24.8 Å². The summed E-state index contributed by atoms with van der Waals surface area (Å²) in [6.45, 7) is 3.54. The number of aliphatic hydroxyl groups excluding tert-OH is 1. The summed E-state index contributed by atoms with van der Waals surface area (Å²) in [4.78, 5) is 15.5. The summed E-state index contributed by atoms with van der Waals surface area (Å²) < 4.78 is 10.2. The number of hydrogen-bond donors (Lipinski definition) is 1. The molecule has 0 aliphatic rings. The van der Waals surface area contributed by atoms with Crippen molar-refractivity contribution in [2.45, 2.75) is 6.10 Å². The highest BCUT2D eigenvalue weighted by Crippen LogP contribution is 2.30. The maximum absolute atomic E-state index is 11.5. The average Bonchev–Trinajstić information content (AvgIpc) is 2.54. The topological polar surface area (TPSA) is 68.7 Å². The highest BCUT2D eigenvalue weighted by Gasteiger charge is 2.23. The van der Waals surface area contributed by atoms with Crippen LogP contribution in [0.15, 0.2) is 60.8 Å². The molecule has 1 atom stereocenters. The Morgan fingerprint density at radius 2 is 1.95 bits per heavy atom. The lowest BCUT2D eigenvalue weighted by Gasteiger charge is -2.15. The van der Waals surface area contributed by atoms with E-state index >= 15 is 0 Å². The van der Waals surface area contributed by atoms with Crippen molar-refractivity contribution in [1.82, 2.24) is 4.98 Å². The van der Waals surface area contributed by atoms with Crippen molar-refractivity contribution < 1.29 is 19.4 Å². The van der Waals surface area contributed by atoms with Gasteiger partial charge in [-0.3, -0.25) is 0 Å². The van der Waals surface area contributed by atoms with Crippen molar-refractivity contribution in [3.05, 3.63) is 66.4 Å². The predicted octanol–water partition coefficient (Wildman–Crippen LogP) is 2.64. The zero-order valence-corrected chi connectivity index (χ0v) is 11.5. The first kappa shape index (κ1) is 14.7. The van der Waals surface area contributed by atoms with E-state index < -0.39 is 12.1 Å². The SMILES string of the molecule is C=C(C(=O)OC)C(O)c1cccnc1Oc1ccccc1. The third kappa shape index (κ3) is 3.46. The molecule has 1 aromatic heterocycles. The Kier molecular flexibility index (Phi) is 4.68. The van der Waals surface area contributed by atoms with E-state index in [2.05, 4.69) is 16.3 Å². The minimum Gasteiger partial charge on any atom is -0.466 e. The van der Waals surface area contributed by atoms with E-state index in [-0.39, 0.29) is 11.5 Å². The molecule has 0 spiro atoms. The molecule has 0 fully saturated rings. The molecule has 21 heavy (non-hydrogen) atoms. The standard InChI is InChI=1S/C16H15NO4/c1-11(16(19)20-2)14(18)13-9-6-10-17-15(13)21-12-7-4-3-5-8-12/h3-10,14,18H,1H2,2H3. The average molecular weight is 285 g/mol. The molecule has 0 aliphatic carbocycles. The molecule has 5 heteroatoms. The van der Waals surface area contributed by atoms with Crippen LogP contribution < -0.4 is 4.74 Å². The van der Waals surface area contributed by atoms with Crippen LogP contribution in [0.25, 0.3) is 0 Å². The van der Waals surface area contributed by atoms with Gasteiger partial charge in [0.2, 0.25) is 5.88 Å². The smallest absolute Gasteiger partial charge is 0.336 e. The summed E-state index contributed by atoms with van der Waals surface area (Å²) in [5.74, 6) is 0.103. The molecule has 0 saturated heterocycles. The number of nitrogens with zero attached hydrogens (tertiary/aromatic N) is 1. The first-order valence-corrected chi connectivity index (χ1v) is 6.26. The van der Waals surface area contributed by atoms with Gasteiger partial charge in [0.05, 0.1) is 12.7 Å². The van der Waals surface area contributed by atoms with Crippen molar-refractivity contribution in [1.29, 1.82) is 0 Å². The number of benzene rings is 1. The van der Waals surface area contributed by atoms with Crippen LogP contribution in [0, 0.1) is 0 Å². The summed E-state index contributed by atoms with van der Waals surface area (Å²) in [6, 6.07) is 12.3. The largest absolute Gasteiger partial charge is 0.466 e. The third-order valence-electron chi connectivity index (χ3n) is 2.83. The molecular formula is C16H15NO4. The summed E-state index contributed by atoms with van der Waals surface area (Å²) >= 11 is 0. The summed E-state index contributed by atoms with van der Waals surface area (Å²) in [7, 11) is 1.23. The minimum atomic E-state index is -1.25. The van der Waals surface area contributed by atoms with Crippen LogP contribution in [0.5, 0.6) is 11.6 Å². The lowest BCUT2D eigenvalue weighted by molar-refractivity contribution is -0.137. The maximum Gasteiger partial charge on any atom is 0.336 e.